The van der Waals surface area contributed by atoms with Gasteiger partial charge >= 0.3 is 12.1 Å². The largest absolute Gasteiger partial charge is 0.464 e. The number of carbonyl (C=O) groups excluding carboxylic acids is 4. The summed E-state index contributed by atoms with van der Waals surface area (Å²) >= 11 is 0. The Balaban J connectivity index is 0.00000800. The van der Waals surface area contributed by atoms with Gasteiger partial charge in [0.25, 0.3) is 0 Å². The van der Waals surface area contributed by atoms with Crippen LogP contribution in [0.4, 0.5) is 13.2 Å². The zero-order valence-electron chi connectivity index (χ0n) is 26.8. The van der Waals surface area contributed by atoms with Crippen LogP contribution in [0.2, 0.25) is 0 Å². The van der Waals surface area contributed by atoms with Gasteiger partial charge in [-0.25, -0.2) is 4.79 Å². The van der Waals surface area contributed by atoms with Crippen LogP contribution >= 0.6 is 12.4 Å². The van der Waals surface area contributed by atoms with Gasteiger partial charge in [0.15, 0.2) is 5.96 Å². The van der Waals surface area contributed by atoms with Crippen LogP contribution in [0, 0.1) is 5.92 Å². The molecule has 15 heteroatoms. The summed E-state index contributed by atoms with van der Waals surface area (Å²) in [4.78, 5) is 56.1. The molecule has 11 nitrogen and oxygen atoms in total. The van der Waals surface area contributed by atoms with Gasteiger partial charge in [-0.05, 0) is 74.3 Å². The number of amides is 3. The van der Waals surface area contributed by atoms with Crippen LogP contribution in [0.5, 0.6) is 0 Å². The van der Waals surface area contributed by atoms with Crippen molar-refractivity contribution < 1.29 is 37.1 Å². The fraction of sp³-hybridized carbons (Fsp3) is 0.485. The lowest BCUT2D eigenvalue weighted by Crippen LogP contribution is -2.55. The molecule has 0 bridgehead atoms. The van der Waals surface area contributed by atoms with E-state index in [1.165, 1.54) is 24.3 Å². The van der Waals surface area contributed by atoms with Crippen molar-refractivity contribution in [2.45, 2.75) is 82.5 Å². The Kier molecular flexibility index (Phi) is 15.7. The fourth-order valence-corrected chi connectivity index (χ4v) is 5.71. The van der Waals surface area contributed by atoms with E-state index in [1.807, 2.05) is 0 Å². The van der Waals surface area contributed by atoms with E-state index in [9.17, 15) is 32.3 Å². The van der Waals surface area contributed by atoms with E-state index in [0.29, 0.717) is 24.8 Å². The van der Waals surface area contributed by atoms with Crippen molar-refractivity contribution in [3.05, 3.63) is 70.8 Å². The Morgan fingerprint density at radius 1 is 0.958 bits per heavy atom. The summed E-state index contributed by atoms with van der Waals surface area (Å²) in [5.74, 6) is -4.07. The minimum Gasteiger partial charge on any atom is -0.464 e. The number of halogens is 4. The number of hydrogen-bond acceptors (Lipinski definition) is 6. The highest BCUT2D eigenvalue weighted by Gasteiger charge is 2.36. The molecule has 0 spiro atoms. The average Bonchev–Trinajstić information content (AvgIpc) is 3.04. The summed E-state index contributed by atoms with van der Waals surface area (Å²) in [6, 6.07) is 8.49. The number of benzene rings is 2. The number of nitrogens with two attached hydrogens (primary N) is 3. The first-order valence-corrected chi connectivity index (χ1v) is 15.7. The maximum absolute atomic E-state index is 14.1. The number of hydrogen-bond donors (Lipinski definition) is 5. The highest BCUT2D eigenvalue weighted by Crippen LogP contribution is 2.33. The number of primary amides is 1. The molecule has 2 aromatic rings. The molecule has 3 rings (SSSR count). The van der Waals surface area contributed by atoms with E-state index < -0.39 is 53.4 Å². The molecule has 48 heavy (non-hydrogen) atoms. The number of rotatable bonds is 15. The topological polar surface area (TPSA) is 192 Å². The van der Waals surface area contributed by atoms with E-state index in [2.05, 4.69) is 15.6 Å². The summed E-state index contributed by atoms with van der Waals surface area (Å²) < 4.78 is 46.2. The van der Waals surface area contributed by atoms with Crippen LogP contribution in [-0.4, -0.2) is 54.9 Å². The summed E-state index contributed by atoms with van der Waals surface area (Å²) in [6.07, 6.45) is -0.264. The third kappa shape index (κ3) is 12.0. The van der Waals surface area contributed by atoms with Crippen molar-refractivity contribution >= 4 is 42.1 Å². The molecule has 1 saturated carbocycles. The van der Waals surface area contributed by atoms with E-state index in [0.717, 1.165) is 31.4 Å². The molecule has 1 fully saturated rings. The first-order valence-electron chi connectivity index (χ1n) is 15.7. The van der Waals surface area contributed by atoms with Gasteiger partial charge in [-0.15, -0.1) is 12.4 Å². The Labute approximate surface area is 284 Å². The van der Waals surface area contributed by atoms with Crippen molar-refractivity contribution in [1.29, 1.82) is 0 Å². The first-order chi connectivity index (χ1) is 22.3. The number of alkyl halides is 3. The van der Waals surface area contributed by atoms with Crippen molar-refractivity contribution in [1.82, 2.24) is 10.6 Å². The number of carbonyl (C=O) groups is 4. The van der Waals surface area contributed by atoms with Gasteiger partial charge in [0.2, 0.25) is 17.7 Å². The lowest BCUT2D eigenvalue weighted by molar-refractivity contribution is -0.148. The molecule has 0 saturated heterocycles. The quantitative estimate of drug-likeness (QED) is 0.0811. The Bertz CT molecular complexity index is 1410. The van der Waals surface area contributed by atoms with E-state index >= 15 is 0 Å². The summed E-state index contributed by atoms with van der Waals surface area (Å²) in [5.41, 5.74) is 16.1. The number of ether oxygens (including phenoxy) is 1. The zero-order valence-corrected chi connectivity index (χ0v) is 27.6. The molecule has 2 aromatic carbocycles. The second-order valence-corrected chi connectivity index (χ2v) is 11.6. The average molecular weight is 697 g/mol. The predicted octanol–water partition coefficient (Wildman–Crippen LogP) is 3.72. The van der Waals surface area contributed by atoms with Crippen LogP contribution in [0.25, 0.3) is 0 Å². The maximum atomic E-state index is 14.1. The molecular formula is C33H44ClF3N6O5. The highest BCUT2D eigenvalue weighted by atomic mass is 35.5. The number of guanidine groups is 1. The smallest absolute Gasteiger partial charge is 0.416 e. The molecule has 3 atom stereocenters. The lowest BCUT2D eigenvalue weighted by Gasteiger charge is -2.32. The molecule has 0 radical (unpaired) electrons. The van der Waals surface area contributed by atoms with E-state index in [4.69, 9.17) is 21.9 Å². The van der Waals surface area contributed by atoms with Crippen LogP contribution in [0.3, 0.4) is 0 Å². The molecule has 0 aliphatic heterocycles. The fourth-order valence-electron chi connectivity index (χ4n) is 5.71. The van der Waals surface area contributed by atoms with Gasteiger partial charge in [0.1, 0.15) is 12.1 Å². The van der Waals surface area contributed by atoms with Gasteiger partial charge < -0.3 is 32.6 Å². The monoisotopic (exact) mass is 696 g/mol. The van der Waals surface area contributed by atoms with Crippen LogP contribution < -0.4 is 27.8 Å². The van der Waals surface area contributed by atoms with E-state index in [1.54, 1.807) is 19.1 Å². The number of esters is 1. The second-order valence-electron chi connectivity index (χ2n) is 11.6. The standard InChI is InChI=1S/C33H43F3N6O5.ClH/c1-2-47-31(46)26(12-7-17-40-32(38)39)41-30(45)27(21-8-4-3-5-9-21)42-29(44)25(18-20-13-15-22(16-14-20)28(37)43)23-10-6-11-24(19-23)33(34,35)36;/h6,10-11,13-16,19,21,25-27H,2-5,7-9,12,17-18H2,1H3,(H2,37,43)(H,41,45)(H,42,44)(H4,38,39,40);1H/t25?,26-,27-;/m0./s1. The summed E-state index contributed by atoms with van der Waals surface area (Å²) in [5, 5.41) is 5.57. The van der Waals surface area contributed by atoms with E-state index in [-0.39, 0.29) is 61.4 Å². The third-order valence-corrected chi connectivity index (χ3v) is 8.15. The Hall–Kier alpha value is -4.33. The Morgan fingerprint density at radius 3 is 2.21 bits per heavy atom. The zero-order chi connectivity index (χ0) is 34.6. The lowest BCUT2D eigenvalue weighted by atomic mass is 9.82. The van der Waals surface area contributed by atoms with Crippen molar-refractivity contribution in [3.8, 4) is 0 Å². The molecule has 264 valence electrons. The summed E-state index contributed by atoms with van der Waals surface area (Å²) in [7, 11) is 0. The second kappa shape index (κ2) is 18.9. The van der Waals surface area contributed by atoms with Gasteiger partial charge in [-0.2, -0.15) is 13.2 Å². The maximum Gasteiger partial charge on any atom is 0.416 e. The SMILES string of the molecule is CCOC(=O)[C@H](CCCN=C(N)N)NC(=O)[C@@H](NC(=O)C(Cc1ccc(C(N)=O)cc1)c1cccc(C(F)(F)F)c1)C1CCCCC1.Cl. The van der Waals surface area contributed by atoms with Crippen LogP contribution in [0.15, 0.2) is 53.5 Å². The van der Waals surface area contributed by atoms with Gasteiger partial charge in [-0.1, -0.05) is 49.6 Å². The molecular weight excluding hydrogens is 653 g/mol. The van der Waals surface area contributed by atoms with Crippen molar-refractivity contribution in [2.75, 3.05) is 13.2 Å². The third-order valence-electron chi connectivity index (χ3n) is 8.15. The number of aliphatic imine (C=N–C) groups is 1. The normalized spacial score (nSPS) is 15.2. The van der Waals surface area contributed by atoms with Crippen LogP contribution in [-0.2, 0) is 31.7 Å². The molecule has 3 amide bonds. The number of nitrogens with zero attached hydrogens (tertiary/aromatic N) is 1. The Morgan fingerprint density at radius 2 is 1.62 bits per heavy atom. The van der Waals surface area contributed by atoms with Crippen molar-refractivity contribution in [2.24, 2.45) is 28.1 Å². The highest BCUT2D eigenvalue weighted by molar-refractivity contribution is 5.94. The molecule has 0 aromatic heterocycles. The predicted molar refractivity (Wildman–Crippen MR) is 177 cm³/mol. The van der Waals surface area contributed by atoms with Gasteiger partial charge in [0.05, 0.1) is 18.1 Å². The first kappa shape index (κ1) is 39.8. The number of nitrogens with one attached hydrogen (secondary N) is 2. The molecule has 1 unspecified atom stereocenters. The molecule has 1 aliphatic rings. The van der Waals surface area contributed by atoms with Gasteiger partial charge in [0, 0.05) is 12.1 Å². The molecule has 0 heterocycles. The minimum absolute atomic E-state index is 0. The molecule has 8 N–H and O–H groups in total. The minimum atomic E-state index is -4.64. The van der Waals surface area contributed by atoms with Gasteiger partial charge in [-0.3, -0.25) is 19.4 Å². The van der Waals surface area contributed by atoms with Crippen molar-refractivity contribution in [3.63, 3.8) is 0 Å². The molecule has 1 aliphatic carbocycles. The van der Waals surface area contributed by atoms with Crippen LogP contribution in [0.1, 0.15) is 84.8 Å². The summed E-state index contributed by atoms with van der Waals surface area (Å²) in [6.45, 7) is 1.94.